The Morgan fingerprint density at radius 1 is 1.15 bits per heavy atom. The van der Waals surface area contributed by atoms with Crippen molar-refractivity contribution in [2.45, 2.75) is 19.6 Å². The van der Waals surface area contributed by atoms with Gasteiger partial charge in [-0.05, 0) is 55.0 Å². The largest absolute Gasteiger partial charge is 0.484 e. The first kappa shape index (κ1) is 22.2. The van der Waals surface area contributed by atoms with Crippen LogP contribution in [0.25, 0.3) is 5.69 Å². The fourth-order valence-electron chi connectivity index (χ4n) is 3.24. The highest BCUT2D eigenvalue weighted by Gasteiger charge is 2.16. The molecule has 0 saturated heterocycles. The molecule has 2 aromatic carbocycles. The van der Waals surface area contributed by atoms with Gasteiger partial charge in [0.25, 0.3) is 11.6 Å². The van der Waals surface area contributed by atoms with E-state index in [4.69, 9.17) is 20.8 Å². The minimum Gasteiger partial charge on any atom is -0.484 e. The van der Waals surface area contributed by atoms with Gasteiger partial charge in [-0.15, -0.1) is 0 Å². The summed E-state index contributed by atoms with van der Waals surface area (Å²) in [5, 5.41) is 14.1. The molecule has 4 rings (SSSR count). The zero-order valence-corrected chi connectivity index (χ0v) is 18.4. The van der Waals surface area contributed by atoms with Crippen molar-refractivity contribution in [3.63, 3.8) is 0 Å². The highest BCUT2D eigenvalue weighted by atomic mass is 35.5. The van der Waals surface area contributed by atoms with Crippen LogP contribution in [0.3, 0.4) is 0 Å². The Kier molecular flexibility index (Phi) is 6.46. The number of nitro groups is 1. The molecule has 1 atom stereocenters. The summed E-state index contributed by atoms with van der Waals surface area (Å²) in [6.45, 7) is 1.85. The van der Waals surface area contributed by atoms with Gasteiger partial charge in [0, 0.05) is 24.1 Å². The van der Waals surface area contributed by atoms with Gasteiger partial charge in [-0.2, -0.15) is 0 Å². The third kappa shape index (κ3) is 5.24. The molecule has 0 radical (unpaired) electrons. The number of nitro benzene ring substituents is 1. The summed E-state index contributed by atoms with van der Waals surface area (Å²) in [4.78, 5) is 23.0. The summed E-state index contributed by atoms with van der Waals surface area (Å²) in [5.74, 6) is 0.308. The standard InChI is InChI=1S/C24H20ClN3O5/c1-16(17-4-6-18(7-5-17)27-12-2-3-13-27)26-24(29)22-11-9-20(33-22)15-32-23-14-19(28(30)31)8-10-21(23)25/h2-14,16H,15H2,1H3,(H,26,29). The lowest BCUT2D eigenvalue weighted by atomic mass is 10.1. The van der Waals surface area contributed by atoms with E-state index in [-0.39, 0.29) is 40.8 Å². The van der Waals surface area contributed by atoms with Crippen LogP contribution in [-0.2, 0) is 6.61 Å². The summed E-state index contributed by atoms with van der Waals surface area (Å²) in [6.07, 6.45) is 3.93. The zero-order chi connectivity index (χ0) is 23.4. The zero-order valence-electron chi connectivity index (χ0n) is 17.6. The molecule has 1 amide bonds. The lowest BCUT2D eigenvalue weighted by molar-refractivity contribution is -0.384. The Morgan fingerprint density at radius 2 is 1.88 bits per heavy atom. The van der Waals surface area contributed by atoms with E-state index < -0.39 is 4.92 Å². The van der Waals surface area contributed by atoms with Crippen LogP contribution in [-0.4, -0.2) is 15.4 Å². The number of halogens is 1. The Morgan fingerprint density at radius 3 is 2.58 bits per heavy atom. The summed E-state index contributed by atoms with van der Waals surface area (Å²) in [5.41, 5.74) is 1.85. The molecule has 8 nitrogen and oxygen atoms in total. The van der Waals surface area contributed by atoms with Crippen LogP contribution in [0.1, 0.15) is 34.8 Å². The summed E-state index contributed by atoms with van der Waals surface area (Å²) in [7, 11) is 0. The second-order valence-corrected chi connectivity index (χ2v) is 7.71. The number of rotatable bonds is 8. The monoisotopic (exact) mass is 465 g/mol. The van der Waals surface area contributed by atoms with E-state index in [1.807, 2.05) is 60.3 Å². The molecule has 1 N–H and O–H groups in total. The molecule has 0 bridgehead atoms. The lowest BCUT2D eigenvalue weighted by Gasteiger charge is -2.14. The number of hydrogen-bond donors (Lipinski definition) is 1. The Bertz CT molecular complexity index is 1270. The van der Waals surface area contributed by atoms with Gasteiger partial charge in [0.2, 0.25) is 0 Å². The highest BCUT2D eigenvalue weighted by Crippen LogP contribution is 2.29. The average Bonchev–Trinajstić information content (AvgIpc) is 3.51. The third-order valence-corrected chi connectivity index (χ3v) is 5.34. The van der Waals surface area contributed by atoms with E-state index in [1.165, 1.54) is 18.2 Å². The number of nitrogens with zero attached hydrogens (tertiary/aromatic N) is 2. The van der Waals surface area contributed by atoms with E-state index in [1.54, 1.807) is 12.1 Å². The molecule has 2 aromatic heterocycles. The fraction of sp³-hybridized carbons (Fsp3) is 0.125. The topological polar surface area (TPSA) is 99.5 Å². The van der Waals surface area contributed by atoms with Gasteiger partial charge in [0.1, 0.15) is 18.1 Å². The number of nitrogens with one attached hydrogen (secondary N) is 1. The first-order valence-electron chi connectivity index (χ1n) is 10.1. The summed E-state index contributed by atoms with van der Waals surface area (Å²) < 4.78 is 13.1. The molecule has 2 heterocycles. The van der Waals surface area contributed by atoms with Crippen LogP contribution in [0, 0.1) is 10.1 Å². The lowest BCUT2D eigenvalue weighted by Crippen LogP contribution is -2.26. The maximum atomic E-state index is 12.6. The van der Waals surface area contributed by atoms with Crippen LogP contribution < -0.4 is 10.1 Å². The molecule has 33 heavy (non-hydrogen) atoms. The number of carbonyl (C=O) groups is 1. The van der Waals surface area contributed by atoms with E-state index in [9.17, 15) is 14.9 Å². The predicted octanol–water partition coefficient (Wildman–Crippen LogP) is 5.70. The van der Waals surface area contributed by atoms with Gasteiger partial charge < -0.3 is 19.0 Å². The van der Waals surface area contributed by atoms with Crippen LogP contribution in [0.4, 0.5) is 5.69 Å². The number of benzene rings is 2. The second kappa shape index (κ2) is 9.62. The van der Waals surface area contributed by atoms with E-state index in [0.717, 1.165) is 11.3 Å². The molecule has 0 aliphatic heterocycles. The first-order valence-corrected chi connectivity index (χ1v) is 10.5. The number of hydrogen-bond acceptors (Lipinski definition) is 5. The molecule has 0 saturated carbocycles. The van der Waals surface area contributed by atoms with Crippen molar-refractivity contribution >= 4 is 23.2 Å². The highest BCUT2D eigenvalue weighted by molar-refractivity contribution is 6.32. The van der Waals surface area contributed by atoms with Gasteiger partial charge in [-0.3, -0.25) is 14.9 Å². The number of carbonyl (C=O) groups excluding carboxylic acids is 1. The minimum atomic E-state index is -0.534. The Balaban J connectivity index is 1.36. The molecular weight excluding hydrogens is 446 g/mol. The van der Waals surface area contributed by atoms with Gasteiger partial charge in [0.15, 0.2) is 5.76 Å². The van der Waals surface area contributed by atoms with Crippen molar-refractivity contribution < 1.29 is 18.9 Å². The van der Waals surface area contributed by atoms with Crippen molar-refractivity contribution in [1.29, 1.82) is 0 Å². The van der Waals surface area contributed by atoms with E-state index >= 15 is 0 Å². The molecule has 168 valence electrons. The van der Waals surface area contributed by atoms with Crippen molar-refractivity contribution in [3.8, 4) is 11.4 Å². The number of non-ortho nitro benzene ring substituents is 1. The fourth-order valence-corrected chi connectivity index (χ4v) is 3.41. The first-order chi connectivity index (χ1) is 15.9. The molecule has 0 aliphatic rings. The van der Waals surface area contributed by atoms with Gasteiger partial charge in [-0.1, -0.05) is 23.7 Å². The van der Waals surface area contributed by atoms with Crippen molar-refractivity contribution in [1.82, 2.24) is 9.88 Å². The van der Waals surface area contributed by atoms with Gasteiger partial charge >= 0.3 is 0 Å². The smallest absolute Gasteiger partial charge is 0.287 e. The molecular formula is C24H20ClN3O5. The van der Waals surface area contributed by atoms with Crippen LogP contribution >= 0.6 is 11.6 Å². The number of amides is 1. The minimum absolute atomic E-state index is 0.0371. The molecule has 9 heteroatoms. The molecule has 1 unspecified atom stereocenters. The van der Waals surface area contributed by atoms with Crippen molar-refractivity contribution in [2.24, 2.45) is 0 Å². The number of ether oxygens (including phenoxy) is 1. The summed E-state index contributed by atoms with van der Waals surface area (Å²) >= 11 is 6.03. The summed E-state index contributed by atoms with van der Waals surface area (Å²) in [6, 6.07) is 18.7. The molecule has 0 fully saturated rings. The molecule has 0 aliphatic carbocycles. The number of aromatic nitrogens is 1. The normalized spacial score (nSPS) is 11.7. The van der Waals surface area contributed by atoms with Gasteiger partial charge in [0.05, 0.1) is 22.1 Å². The number of furan rings is 1. The van der Waals surface area contributed by atoms with Gasteiger partial charge in [-0.25, -0.2) is 0 Å². The maximum absolute atomic E-state index is 12.6. The Hall–Kier alpha value is -4.04. The molecule has 0 spiro atoms. The third-order valence-electron chi connectivity index (χ3n) is 5.02. The van der Waals surface area contributed by atoms with Crippen molar-refractivity contribution in [3.05, 3.63) is 111 Å². The second-order valence-electron chi connectivity index (χ2n) is 7.30. The predicted molar refractivity (Wildman–Crippen MR) is 123 cm³/mol. The maximum Gasteiger partial charge on any atom is 0.287 e. The molecule has 4 aromatic rings. The van der Waals surface area contributed by atoms with Crippen LogP contribution in [0.2, 0.25) is 5.02 Å². The van der Waals surface area contributed by atoms with E-state index in [2.05, 4.69) is 5.32 Å². The quantitative estimate of drug-likeness (QED) is 0.265. The SMILES string of the molecule is CC(NC(=O)c1ccc(COc2cc([N+](=O)[O-])ccc2Cl)o1)c1ccc(-n2cccc2)cc1. The van der Waals surface area contributed by atoms with Crippen LogP contribution in [0.5, 0.6) is 5.75 Å². The van der Waals surface area contributed by atoms with Crippen LogP contribution in [0.15, 0.2) is 83.5 Å². The van der Waals surface area contributed by atoms with Crippen molar-refractivity contribution in [2.75, 3.05) is 0 Å². The Labute approximate surface area is 194 Å². The average molecular weight is 466 g/mol. The van der Waals surface area contributed by atoms with E-state index in [0.29, 0.717) is 5.76 Å².